The van der Waals surface area contributed by atoms with E-state index in [1.54, 1.807) is 14.2 Å². The highest BCUT2D eigenvalue weighted by molar-refractivity contribution is 5.79. The van der Waals surface area contributed by atoms with Gasteiger partial charge in [0.1, 0.15) is 6.61 Å². The van der Waals surface area contributed by atoms with E-state index >= 15 is 0 Å². The standard InChI is InChI=1S/C17H25N3O3/c1-5-10-23-16-12-14(7-8-15(16)22-4)13-20-17(18-6-2)19-9-11-21-3/h1,7-8,12H,6,9-11,13H2,2-4H3,(H2,18,19,20). The molecule has 1 rings (SSSR count). The van der Waals surface area contributed by atoms with Crippen molar-refractivity contribution in [3.05, 3.63) is 23.8 Å². The van der Waals surface area contributed by atoms with E-state index < -0.39 is 0 Å². The fraction of sp³-hybridized carbons (Fsp3) is 0.471. The predicted octanol–water partition coefficient (Wildman–Crippen LogP) is 1.41. The van der Waals surface area contributed by atoms with Gasteiger partial charge in [0.2, 0.25) is 0 Å². The van der Waals surface area contributed by atoms with Crippen LogP contribution in [0.5, 0.6) is 11.5 Å². The number of hydrogen-bond acceptors (Lipinski definition) is 4. The molecule has 0 saturated heterocycles. The van der Waals surface area contributed by atoms with Crippen molar-refractivity contribution in [2.24, 2.45) is 4.99 Å². The zero-order chi connectivity index (χ0) is 16.9. The van der Waals surface area contributed by atoms with Crippen LogP contribution < -0.4 is 20.1 Å². The van der Waals surface area contributed by atoms with Gasteiger partial charge in [-0.1, -0.05) is 12.0 Å². The second-order valence-corrected chi connectivity index (χ2v) is 4.59. The van der Waals surface area contributed by atoms with Gasteiger partial charge < -0.3 is 24.8 Å². The molecule has 0 heterocycles. The molecule has 0 aliphatic heterocycles. The molecule has 0 amide bonds. The van der Waals surface area contributed by atoms with Crippen LogP contribution in [-0.2, 0) is 11.3 Å². The Morgan fingerprint density at radius 2 is 2.09 bits per heavy atom. The van der Waals surface area contributed by atoms with Gasteiger partial charge in [0.15, 0.2) is 17.5 Å². The van der Waals surface area contributed by atoms with Crippen LogP contribution in [0.3, 0.4) is 0 Å². The third kappa shape index (κ3) is 6.94. The number of methoxy groups -OCH3 is 2. The van der Waals surface area contributed by atoms with Gasteiger partial charge in [-0.3, -0.25) is 0 Å². The average molecular weight is 319 g/mol. The lowest BCUT2D eigenvalue weighted by molar-refractivity contribution is 0.203. The van der Waals surface area contributed by atoms with Crippen LogP contribution >= 0.6 is 0 Å². The van der Waals surface area contributed by atoms with Crippen molar-refractivity contribution in [3.63, 3.8) is 0 Å². The molecule has 0 bridgehead atoms. The first-order chi connectivity index (χ1) is 11.2. The molecule has 1 aromatic rings. The summed E-state index contributed by atoms with van der Waals surface area (Å²) in [6.45, 7) is 4.84. The second kappa shape index (κ2) is 11.2. The summed E-state index contributed by atoms with van der Waals surface area (Å²) in [6, 6.07) is 5.68. The molecule has 23 heavy (non-hydrogen) atoms. The van der Waals surface area contributed by atoms with Gasteiger partial charge in [-0.2, -0.15) is 0 Å². The molecule has 0 aromatic heterocycles. The molecule has 0 aliphatic rings. The molecule has 0 radical (unpaired) electrons. The van der Waals surface area contributed by atoms with E-state index in [-0.39, 0.29) is 6.61 Å². The number of hydrogen-bond donors (Lipinski definition) is 2. The molecule has 0 fully saturated rings. The van der Waals surface area contributed by atoms with E-state index in [9.17, 15) is 0 Å². The summed E-state index contributed by atoms with van der Waals surface area (Å²) in [5, 5.41) is 6.38. The van der Waals surface area contributed by atoms with Crippen LogP contribution in [0.15, 0.2) is 23.2 Å². The number of nitrogens with zero attached hydrogens (tertiary/aromatic N) is 1. The Morgan fingerprint density at radius 3 is 2.74 bits per heavy atom. The highest BCUT2D eigenvalue weighted by atomic mass is 16.5. The van der Waals surface area contributed by atoms with Crippen LogP contribution in [-0.4, -0.2) is 46.5 Å². The fourth-order valence-electron chi connectivity index (χ4n) is 1.84. The van der Waals surface area contributed by atoms with Gasteiger partial charge in [-0.15, -0.1) is 6.42 Å². The molecule has 6 nitrogen and oxygen atoms in total. The van der Waals surface area contributed by atoms with Gasteiger partial charge in [-0.25, -0.2) is 4.99 Å². The van der Waals surface area contributed by atoms with Crippen molar-refractivity contribution in [2.75, 3.05) is 40.5 Å². The Morgan fingerprint density at radius 1 is 1.26 bits per heavy atom. The minimum atomic E-state index is 0.199. The highest BCUT2D eigenvalue weighted by Crippen LogP contribution is 2.28. The van der Waals surface area contributed by atoms with Crippen molar-refractivity contribution >= 4 is 5.96 Å². The molecular formula is C17H25N3O3. The fourth-order valence-corrected chi connectivity index (χ4v) is 1.84. The maximum atomic E-state index is 5.49. The molecule has 0 spiro atoms. The zero-order valence-corrected chi connectivity index (χ0v) is 14.0. The molecular weight excluding hydrogens is 294 g/mol. The third-order valence-corrected chi connectivity index (χ3v) is 2.90. The van der Waals surface area contributed by atoms with Gasteiger partial charge >= 0.3 is 0 Å². The Labute approximate surface area is 138 Å². The van der Waals surface area contributed by atoms with Crippen molar-refractivity contribution in [1.82, 2.24) is 10.6 Å². The van der Waals surface area contributed by atoms with Gasteiger partial charge in [0.05, 0.1) is 20.3 Å². The molecule has 6 heteroatoms. The summed E-state index contributed by atoms with van der Waals surface area (Å²) < 4.78 is 15.8. The molecule has 0 unspecified atom stereocenters. The number of guanidine groups is 1. The van der Waals surface area contributed by atoms with E-state index in [2.05, 4.69) is 21.5 Å². The van der Waals surface area contributed by atoms with Gasteiger partial charge in [-0.05, 0) is 24.6 Å². The SMILES string of the molecule is C#CCOc1cc(CN=C(NCC)NCCOC)ccc1OC. The molecule has 0 aliphatic carbocycles. The molecule has 1 aromatic carbocycles. The first-order valence-electron chi connectivity index (χ1n) is 7.49. The molecule has 0 atom stereocenters. The van der Waals surface area contributed by atoms with Crippen LogP contribution in [0, 0.1) is 12.3 Å². The number of benzene rings is 1. The lowest BCUT2D eigenvalue weighted by Crippen LogP contribution is -2.38. The summed E-state index contributed by atoms with van der Waals surface area (Å²) in [4.78, 5) is 4.53. The maximum absolute atomic E-state index is 5.49. The predicted molar refractivity (Wildman–Crippen MR) is 92.0 cm³/mol. The maximum Gasteiger partial charge on any atom is 0.191 e. The largest absolute Gasteiger partial charge is 0.493 e. The lowest BCUT2D eigenvalue weighted by Gasteiger charge is -2.12. The first-order valence-corrected chi connectivity index (χ1v) is 7.49. The molecule has 126 valence electrons. The zero-order valence-electron chi connectivity index (χ0n) is 14.0. The number of rotatable bonds is 9. The summed E-state index contributed by atoms with van der Waals surface area (Å²) in [7, 11) is 3.26. The smallest absolute Gasteiger partial charge is 0.191 e. The normalized spacial score (nSPS) is 10.8. The highest BCUT2D eigenvalue weighted by Gasteiger charge is 2.06. The summed E-state index contributed by atoms with van der Waals surface area (Å²) >= 11 is 0. The van der Waals surface area contributed by atoms with Crippen molar-refractivity contribution in [1.29, 1.82) is 0 Å². The van der Waals surface area contributed by atoms with E-state index in [1.165, 1.54) is 0 Å². The van der Waals surface area contributed by atoms with Crippen molar-refractivity contribution in [3.8, 4) is 23.8 Å². The second-order valence-electron chi connectivity index (χ2n) is 4.59. The summed E-state index contributed by atoms with van der Waals surface area (Å²) in [5.74, 6) is 4.46. The van der Waals surface area contributed by atoms with E-state index in [0.717, 1.165) is 18.1 Å². The van der Waals surface area contributed by atoms with Gasteiger partial charge in [0, 0.05) is 20.2 Å². The Balaban J connectivity index is 2.76. The minimum absolute atomic E-state index is 0.199. The Hall–Kier alpha value is -2.39. The summed E-state index contributed by atoms with van der Waals surface area (Å²) in [6.07, 6.45) is 5.23. The molecule has 0 saturated carbocycles. The van der Waals surface area contributed by atoms with Crippen molar-refractivity contribution in [2.45, 2.75) is 13.5 Å². The number of ether oxygens (including phenoxy) is 3. The van der Waals surface area contributed by atoms with Crippen LogP contribution in [0.4, 0.5) is 0 Å². The van der Waals surface area contributed by atoms with Crippen LogP contribution in [0.1, 0.15) is 12.5 Å². The van der Waals surface area contributed by atoms with E-state index in [1.807, 2.05) is 25.1 Å². The first kappa shape index (κ1) is 18.7. The van der Waals surface area contributed by atoms with Crippen LogP contribution in [0.2, 0.25) is 0 Å². The lowest BCUT2D eigenvalue weighted by atomic mass is 10.2. The number of terminal acetylenes is 1. The summed E-state index contributed by atoms with van der Waals surface area (Å²) in [5.41, 5.74) is 1.00. The molecule has 2 N–H and O–H groups in total. The van der Waals surface area contributed by atoms with Crippen LogP contribution in [0.25, 0.3) is 0 Å². The number of aliphatic imine (C=N–C) groups is 1. The topological polar surface area (TPSA) is 64.1 Å². The average Bonchev–Trinajstić information content (AvgIpc) is 2.58. The van der Waals surface area contributed by atoms with Gasteiger partial charge in [0.25, 0.3) is 0 Å². The van der Waals surface area contributed by atoms with E-state index in [4.69, 9.17) is 20.6 Å². The Bertz CT molecular complexity index is 538. The van der Waals surface area contributed by atoms with E-state index in [0.29, 0.717) is 31.2 Å². The monoisotopic (exact) mass is 319 g/mol. The van der Waals surface area contributed by atoms with Crippen molar-refractivity contribution < 1.29 is 14.2 Å². The minimum Gasteiger partial charge on any atom is -0.493 e. The number of nitrogens with one attached hydrogen (secondary N) is 2. The third-order valence-electron chi connectivity index (χ3n) is 2.90. The quantitative estimate of drug-likeness (QED) is 0.312. The Kier molecular flexibility index (Phi) is 9.10.